The molecule has 1 aromatic carbocycles. The number of pyridine rings is 1. The van der Waals surface area contributed by atoms with Gasteiger partial charge in [-0.05, 0) is 44.1 Å². The Bertz CT molecular complexity index is 745. The van der Waals surface area contributed by atoms with E-state index in [1.54, 1.807) is 12.1 Å². The summed E-state index contributed by atoms with van der Waals surface area (Å²) in [6, 6.07) is 11.3. The van der Waals surface area contributed by atoms with Crippen molar-refractivity contribution < 1.29 is 14.3 Å². The van der Waals surface area contributed by atoms with E-state index in [9.17, 15) is 4.79 Å². The van der Waals surface area contributed by atoms with Crippen LogP contribution in [0.3, 0.4) is 0 Å². The summed E-state index contributed by atoms with van der Waals surface area (Å²) in [5, 5.41) is 3.37. The number of esters is 1. The number of piperidine rings is 1. The van der Waals surface area contributed by atoms with Gasteiger partial charge in [0.1, 0.15) is 6.61 Å². The standard InChI is InChI=1S/C19H21BrN2O3/c1-24-19(23)14-5-6-15(16(20)11-14)12-25-18-4-2-3-17(22-18)13-7-9-21-10-8-13/h2-6,11,13,21H,7-10,12H2,1H3. The van der Waals surface area contributed by atoms with Crippen LogP contribution in [0.4, 0.5) is 0 Å². The van der Waals surface area contributed by atoms with Gasteiger partial charge in [0.25, 0.3) is 0 Å². The molecule has 6 heteroatoms. The monoisotopic (exact) mass is 404 g/mol. The summed E-state index contributed by atoms with van der Waals surface area (Å²) in [7, 11) is 1.37. The van der Waals surface area contributed by atoms with Crippen LogP contribution in [0, 0.1) is 0 Å². The molecule has 0 bridgehead atoms. The quantitative estimate of drug-likeness (QED) is 0.770. The van der Waals surface area contributed by atoms with Crippen molar-refractivity contribution in [3.63, 3.8) is 0 Å². The van der Waals surface area contributed by atoms with E-state index >= 15 is 0 Å². The summed E-state index contributed by atoms with van der Waals surface area (Å²) in [5.41, 5.74) is 2.55. The van der Waals surface area contributed by atoms with Gasteiger partial charge in [-0.3, -0.25) is 0 Å². The van der Waals surface area contributed by atoms with Crippen LogP contribution >= 0.6 is 15.9 Å². The number of carbonyl (C=O) groups is 1. The highest BCUT2D eigenvalue weighted by atomic mass is 79.9. The fourth-order valence-corrected chi connectivity index (χ4v) is 3.41. The summed E-state index contributed by atoms with van der Waals surface area (Å²) in [6.45, 7) is 2.46. The number of nitrogens with zero attached hydrogens (tertiary/aromatic N) is 1. The minimum atomic E-state index is -0.357. The van der Waals surface area contributed by atoms with Crippen LogP contribution in [0.25, 0.3) is 0 Å². The summed E-state index contributed by atoms with van der Waals surface area (Å²) in [5.74, 6) is 0.764. The molecule has 2 aromatic rings. The average Bonchev–Trinajstić information content (AvgIpc) is 2.67. The van der Waals surface area contributed by atoms with Crippen LogP contribution < -0.4 is 10.1 Å². The third-order valence-corrected chi connectivity index (χ3v) is 5.09. The van der Waals surface area contributed by atoms with Crippen LogP contribution in [-0.2, 0) is 11.3 Å². The summed E-state index contributed by atoms with van der Waals surface area (Å²) in [6.07, 6.45) is 2.22. The Morgan fingerprint density at radius 2 is 2.08 bits per heavy atom. The third kappa shape index (κ3) is 4.58. The number of halogens is 1. The zero-order valence-electron chi connectivity index (χ0n) is 14.1. The lowest BCUT2D eigenvalue weighted by molar-refractivity contribution is 0.0600. The zero-order valence-corrected chi connectivity index (χ0v) is 15.7. The maximum Gasteiger partial charge on any atom is 0.337 e. The van der Waals surface area contributed by atoms with Gasteiger partial charge in [-0.1, -0.05) is 28.1 Å². The van der Waals surface area contributed by atoms with Gasteiger partial charge in [0.05, 0.1) is 12.7 Å². The van der Waals surface area contributed by atoms with E-state index in [2.05, 4.69) is 32.3 Å². The number of rotatable bonds is 5. The molecule has 0 radical (unpaired) electrons. The molecule has 25 heavy (non-hydrogen) atoms. The highest BCUT2D eigenvalue weighted by Crippen LogP contribution is 2.26. The molecule has 0 atom stereocenters. The van der Waals surface area contributed by atoms with Crippen LogP contribution in [-0.4, -0.2) is 31.2 Å². The minimum absolute atomic E-state index is 0.357. The van der Waals surface area contributed by atoms with E-state index in [4.69, 9.17) is 9.47 Å². The fraction of sp³-hybridized carbons (Fsp3) is 0.368. The molecule has 1 fully saturated rings. The smallest absolute Gasteiger partial charge is 0.337 e. The number of benzene rings is 1. The Hall–Kier alpha value is -1.92. The second-order valence-electron chi connectivity index (χ2n) is 6.01. The first-order chi connectivity index (χ1) is 12.2. The summed E-state index contributed by atoms with van der Waals surface area (Å²) >= 11 is 3.48. The second kappa shape index (κ2) is 8.45. The maximum atomic E-state index is 11.6. The van der Waals surface area contributed by atoms with Crippen molar-refractivity contribution in [2.45, 2.75) is 25.4 Å². The number of nitrogens with one attached hydrogen (secondary N) is 1. The van der Waals surface area contributed by atoms with Crippen LogP contribution in [0.5, 0.6) is 5.88 Å². The number of hydrogen-bond donors (Lipinski definition) is 1. The van der Waals surface area contributed by atoms with Crippen molar-refractivity contribution in [3.8, 4) is 5.88 Å². The molecule has 3 rings (SSSR count). The van der Waals surface area contributed by atoms with Crippen molar-refractivity contribution in [3.05, 3.63) is 57.7 Å². The van der Waals surface area contributed by atoms with Gasteiger partial charge >= 0.3 is 5.97 Å². The van der Waals surface area contributed by atoms with Gasteiger partial charge in [-0.2, -0.15) is 0 Å². The van der Waals surface area contributed by atoms with E-state index < -0.39 is 0 Å². The first-order valence-electron chi connectivity index (χ1n) is 8.34. The molecule has 0 amide bonds. The van der Waals surface area contributed by atoms with E-state index in [1.807, 2.05) is 18.2 Å². The van der Waals surface area contributed by atoms with E-state index in [-0.39, 0.29) is 5.97 Å². The van der Waals surface area contributed by atoms with Gasteiger partial charge in [0, 0.05) is 27.7 Å². The van der Waals surface area contributed by atoms with Gasteiger partial charge in [-0.15, -0.1) is 0 Å². The van der Waals surface area contributed by atoms with Gasteiger partial charge in [0.2, 0.25) is 5.88 Å². The van der Waals surface area contributed by atoms with Crippen molar-refractivity contribution in [1.82, 2.24) is 10.3 Å². The Balaban J connectivity index is 1.66. The van der Waals surface area contributed by atoms with Gasteiger partial charge in [0.15, 0.2) is 0 Å². The molecular weight excluding hydrogens is 384 g/mol. The molecule has 0 unspecified atom stereocenters. The third-order valence-electron chi connectivity index (χ3n) is 4.35. The highest BCUT2D eigenvalue weighted by molar-refractivity contribution is 9.10. The topological polar surface area (TPSA) is 60.5 Å². The Morgan fingerprint density at radius 3 is 2.80 bits per heavy atom. The first-order valence-corrected chi connectivity index (χ1v) is 9.14. The number of ether oxygens (including phenoxy) is 2. The lowest BCUT2D eigenvalue weighted by Gasteiger charge is -2.22. The summed E-state index contributed by atoms with van der Waals surface area (Å²) in [4.78, 5) is 16.2. The predicted molar refractivity (Wildman–Crippen MR) is 98.9 cm³/mol. The van der Waals surface area contributed by atoms with E-state index in [1.165, 1.54) is 7.11 Å². The summed E-state index contributed by atoms with van der Waals surface area (Å²) < 4.78 is 11.4. The lowest BCUT2D eigenvalue weighted by atomic mass is 9.94. The minimum Gasteiger partial charge on any atom is -0.473 e. The first kappa shape index (κ1) is 17.9. The number of aromatic nitrogens is 1. The van der Waals surface area contributed by atoms with Crippen molar-refractivity contribution in [2.24, 2.45) is 0 Å². The molecule has 2 heterocycles. The SMILES string of the molecule is COC(=O)c1ccc(COc2cccc(C3CCNCC3)n2)c(Br)c1. The Morgan fingerprint density at radius 1 is 1.28 bits per heavy atom. The fourth-order valence-electron chi connectivity index (χ4n) is 2.92. The highest BCUT2D eigenvalue weighted by Gasteiger charge is 2.17. The molecule has 1 aliphatic heterocycles. The molecule has 0 aliphatic carbocycles. The van der Waals surface area contributed by atoms with Gasteiger partial charge < -0.3 is 14.8 Å². The molecule has 5 nitrogen and oxygen atoms in total. The van der Waals surface area contributed by atoms with E-state index in [0.717, 1.165) is 41.7 Å². The van der Waals surface area contributed by atoms with Crippen molar-refractivity contribution in [1.29, 1.82) is 0 Å². The molecule has 1 saturated heterocycles. The van der Waals surface area contributed by atoms with Crippen LogP contribution in [0.1, 0.15) is 40.4 Å². The van der Waals surface area contributed by atoms with Crippen LogP contribution in [0.15, 0.2) is 40.9 Å². The molecule has 1 aliphatic rings. The molecule has 132 valence electrons. The molecule has 1 N–H and O–H groups in total. The molecule has 0 saturated carbocycles. The Kier molecular flexibility index (Phi) is 6.04. The number of hydrogen-bond acceptors (Lipinski definition) is 5. The lowest BCUT2D eigenvalue weighted by Crippen LogP contribution is -2.27. The van der Waals surface area contributed by atoms with Gasteiger partial charge in [-0.25, -0.2) is 9.78 Å². The number of methoxy groups -OCH3 is 1. The largest absolute Gasteiger partial charge is 0.473 e. The Labute approximate surface area is 155 Å². The van der Waals surface area contributed by atoms with Crippen molar-refractivity contribution >= 4 is 21.9 Å². The predicted octanol–water partition coefficient (Wildman–Crippen LogP) is 3.68. The molecule has 1 aromatic heterocycles. The number of carbonyl (C=O) groups excluding carboxylic acids is 1. The molecule has 0 spiro atoms. The molecular formula is C19H21BrN2O3. The second-order valence-corrected chi connectivity index (χ2v) is 6.87. The maximum absolute atomic E-state index is 11.6. The van der Waals surface area contributed by atoms with E-state index in [0.29, 0.717) is 24.0 Å². The van der Waals surface area contributed by atoms with Crippen molar-refractivity contribution in [2.75, 3.05) is 20.2 Å². The average molecular weight is 405 g/mol. The zero-order chi connectivity index (χ0) is 17.6. The van der Waals surface area contributed by atoms with Crippen LogP contribution in [0.2, 0.25) is 0 Å². The normalized spacial score (nSPS) is 15.0.